The molecule has 0 bridgehead atoms. The molecule has 0 fully saturated rings. The lowest BCUT2D eigenvalue weighted by atomic mass is 10.3. The number of hydrogen-bond acceptors (Lipinski definition) is 5. The van der Waals surface area contributed by atoms with Crippen LogP contribution in [0.5, 0.6) is 0 Å². The van der Waals surface area contributed by atoms with Crippen molar-refractivity contribution in [3.8, 4) is 0 Å². The standard InChI is InChI=1S/C13H14N6OS/c1-7-6-14-12(21-7)8(2)15-13(20)16-9-3-4-10-11(5-9)18-19-17-10/h3-6,8H,1-2H3,(H2,15,16,20)(H,17,18,19)/t8-/m0/s1. The summed E-state index contributed by atoms with van der Waals surface area (Å²) in [6.45, 7) is 3.89. The average Bonchev–Trinajstić information content (AvgIpc) is 3.06. The van der Waals surface area contributed by atoms with E-state index < -0.39 is 0 Å². The number of nitrogens with zero attached hydrogens (tertiary/aromatic N) is 3. The largest absolute Gasteiger partial charge is 0.329 e. The Hall–Kier alpha value is -2.48. The van der Waals surface area contributed by atoms with Crippen molar-refractivity contribution in [1.29, 1.82) is 0 Å². The third kappa shape index (κ3) is 3.00. The average molecular weight is 302 g/mol. The van der Waals surface area contributed by atoms with Crippen LogP contribution < -0.4 is 10.6 Å². The second-order valence-electron chi connectivity index (χ2n) is 4.66. The van der Waals surface area contributed by atoms with Crippen molar-refractivity contribution in [3.05, 3.63) is 34.3 Å². The number of carbonyl (C=O) groups is 1. The number of H-pyrrole nitrogens is 1. The van der Waals surface area contributed by atoms with Crippen LogP contribution in [-0.4, -0.2) is 26.4 Å². The lowest BCUT2D eigenvalue weighted by molar-refractivity contribution is 0.249. The van der Waals surface area contributed by atoms with Crippen molar-refractivity contribution in [2.24, 2.45) is 0 Å². The maximum atomic E-state index is 12.0. The van der Waals surface area contributed by atoms with E-state index in [1.54, 1.807) is 35.7 Å². The number of aromatic amines is 1. The molecule has 0 aliphatic rings. The molecular weight excluding hydrogens is 288 g/mol. The molecule has 3 aromatic rings. The maximum absolute atomic E-state index is 12.0. The lowest BCUT2D eigenvalue weighted by Gasteiger charge is -2.12. The minimum atomic E-state index is -0.279. The molecule has 2 heterocycles. The summed E-state index contributed by atoms with van der Waals surface area (Å²) in [5.41, 5.74) is 2.13. The molecular formula is C13H14N6OS. The van der Waals surface area contributed by atoms with E-state index in [1.165, 1.54) is 0 Å². The van der Waals surface area contributed by atoms with Gasteiger partial charge >= 0.3 is 6.03 Å². The van der Waals surface area contributed by atoms with E-state index in [4.69, 9.17) is 0 Å². The number of carbonyl (C=O) groups excluding carboxylic acids is 1. The number of thiazole rings is 1. The van der Waals surface area contributed by atoms with Gasteiger partial charge in [0.15, 0.2) is 0 Å². The Kier molecular flexibility index (Phi) is 3.53. The highest BCUT2D eigenvalue weighted by Crippen LogP contribution is 2.19. The molecule has 8 heteroatoms. The topological polar surface area (TPSA) is 95.6 Å². The zero-order valence-electron chi connectivity index (χ0n) is 11.5. The molecule has 0 aliphatic heterocycles. The molecule has 21 heavy (non-hydrogen) atoms. The number of rotatable bonds is 3. The van der Waals surface area contributed by atoms with Crippen molar-refractivity contribution in [3.63, 3.8) is 0 Å². The van der Waals surface area contributed by atoms with Gasteiger partial charge in [-0.1, -0.05) is 0 Å². The van der Waals surface area contributed by atoms with Crippen LogP contribution in [0.25, 0.3) is 11.0 Å². The van der Waals surface area contributed by atoms with Gasteiger partial charge < -0.3 is 10.6 Å². The van der Waals surface area contributed by atoms with Gasteiger partial charge in [0.05, 0.1) is 6.04 Å². The van der Waals surface area contributed by atoms with E-state index in [0.717, 1.165) is 15.4 Å². The van der Waals surface area contributed by atoms with Gasteiger partial charge in [-0.15, -0.1) is 11.3 Å². The fourth-order valence-electron chi connectivity index (χ4n) is 1.92. The van der Waals surface area contributed by atoms with Crippen LogP contribution in [0.1, 0.15) is 22.9 Å². The summed E-state index contributed by atoms with van der Waals surface area (Å²) in [5.74, 6) is 0. The van der Waals surface area contributed by atoms with Gasteiger partial charge in [-0.3, -0.25) is 0 Å². The number of aromatic nitrogens is 4. The van der Waals surface area contributed by atoms with E-state index in [0.29, 0.717) is 11.2 Å². The SMILES string of the molecule is Cc1cnc([C@H](C)NC(=O)Nc2ccc3n[nH]nc3c2)s1. The fourth-order valence-corrected chi connectivity index (χ4v) is 2.69. The van der Waals surface area contributed by atoms with Crippen LogP contribution in [0.15, 0.2) is 24.4 Å². The Morgan fingerprint density at radius 2 is 2.14 bits per heavy atom. The first-order chi connectivity index (χ1) is 10.1. The van der Waals surface area contributed by atoms with Crippen LogP contribution in [0.4, 0.5) is 10.5 Å². The molecule has 1 atom stereocenters. The zero-order chi connectivity index (χ0) is 14.8. The van der Waals surface area contributed by atoms with Crippen molar-refractivity contribution in [2.45, 2.75) is 19.9 Å². The smallest absolute Gasteiger partial charge is 0.319 e. The van der Waals surface area contributed by atoms with E-state index in [2.05, 4.69) is 31.0 Å². The number of urea groups is 1. The van der Waals surface area contributed by atoms with Crippen LogP contribution in [0.3, 0.4) is 0 Å². The first kappa shape index (κ1) is 13.5. The first-order valence-electron chi connectivity index (χ1n) is 6.42. The summed E-state index contributed by atoms with van der Waals surface area (Å²) >= 11 is 1.57. The van der Waals surface area contributed by atoms with E-state index >= 15 is 0 Å². The molecule has 1 aromatic carbocycles. The van der Waals surface area contributed by atoms with Crippen molar-refractivity contribution >= 4 is 34.1 Å². The molecule has 3 N–H and O–H groups in total. The summed E-state index contributed by atoms with van der Waals surface area (Å²) in [6.07, 6.45) is 1.80. The maximum Gasteiger partial charge on any atom is 0.319 e. The molecule has 0 saturated carbocycles. The van der Waals surface area contributed by atoms with Gasteiger partial charge in [-0.25, -0.2) is 9.78 Å². The van der Waals surface area contributed by atoms with Gasteiger partial charge in [0.25, 0.3) is 0 Å². The van der Waals surface area contributed by atoms with Crippen molar-refractivity contribution in [2.75, 3.05) is 5.32 Å². The minimum absolute atomic E-state index is 0.139. The Bertz CT molecular complexity index is 780. The zero-order valence-corrected chi connectivity index (χ0v) is 12.4. The van der Waals surface area contributed by atoms with Gasteiger partial charge in [-0.2, -0.15) is 15.4 Å². The molecule has 2 aromatic heterocycles. The molecule has 2 amide bonds. The number of nitrogens with one attached hydrogen (secondary N) is 3. The molecule has 0 saturated heterocycles. The van der Waals surface area contributed by atoms with Crippen LogP contribution >= 0.6 is 11.3 Å². The number of amides is 2. The van der Waals surface area contributed by atoms with Gasteiger partial charge in [0, 0.05) is 16.8 Å². The third-order valence-corrected chi connectivity index (χ3v) is 4.03. The highest BCUT2D eigenvalue weighted by molar-refractivity contribution is 7.11. The number of anilines is 1. The van der Waals surface area contributed by atoms with Crippen LogP contribution in [-0.2, 0) is 0 Å². The monoisotopic (exact) mass is 302 g/mol. The van der Waals surface area contributed by atoms with E-state index in [-0.39, 0.29) is 12.1 Å². The highest BCUT2D eigenvalue weighted by atomic mass is 32.1. The molecule has 0 unspecified atom stereocenters. The van der Waals surface area contributed by atoms with Gasteiger partial charge in [0.1, 0.15) is 16.0 Å². The van der Waals surface area contributed by atoms with Crippen LogP contribution in [0.2, 0.25) is 0 Å². The predicted molar refractivity (Wildman–Crippen MR) is 81.3 cm³/mol. The predicted octanol–water partition coefficient (Wildman–Crippen LogP) is 2.61. The number of hydrogen-bond donors (Lipinski definition) is 3. The molecule has 0 spiro atoms. The molecule has 3 rings (SSSR count). The van der Waals surface area contributed by atoms with E-state index in [1.807, 2.05) is 13.8 Å². The summed E-state index contributed by atoms with van der Waals surface area (Å²) in [4.78, 5) is 17.4. The molecule has 108 valence electrons. The normalized spacial score (nSPS) is 12.3. The van der Waals surface area contributed by atoms with Crippen molar-refractivity contribution in [1.82, 2.24) is 25.7 Å². The van der Waals surface area contributed by atoms with Gasteiger partial charge in [0.2, 0.25) is 0 Å². The highest BCUT2D eigenvalue weighted by Gasteiger charge is 2.13. The molecule has 0 radical (unpaired) electrons. The summed E-state index contributed by atoms with van der Waals surface area (Å²) in [5, 5.41) is 17.0. The molecule has 7 nitrogen and oxygen atoms in total. The summed E-state index contributed by atoms with van der Waals surface area (Å²) in [7, 11) is 0. The van der Waals surface area contributed by atoms with Crippen LogP contribution in [0, 0.1) is 6.92 Å². The Morgan fingerprint density at radius 1 is 1.33 bits per heavy atom. The second kappa shape index (κ2) is 5.49. The molecule has 0 aliphatic carbocycles. The fraction of sp³-hybridized carbons (Fsp3) is 0.231. The Labute approximate surface area is 124 Å². The second-order valence-corrected chi connectivity index (χ2v) is 5.92. The number of aryl methyl sites for hydroxylation is 1. The van der Waals surface area contributed by atoms with Gasteiger partial charge in [-0.05, 0) is 32.0 Å². The lowest BCUT2D eigenvalue weighted by Crippen LogP contribution is -2.31. The number of benzene rings is 1. The summed E-state index contributed by atoms with van der Waals surface area (Å²) < 4.78 is 0. The Balaban J connectivity index is 1.65. The third-order valence-electron chi connectivity index (χ3n) is 2.93. The minimum Gasteiger partial charge on any atom is -0.329 e. The van der Waals surface area contributed by atoms with Crippen molar-refractivity contribution < 1.29 is 4.79 Å². The quantitative estimate of drug-likeness (QED) is 0.693. The summed E-state index contributed by atoms with van der Waals surface area (Å²) in [6, 6.07) is 4.92. The number of fused-ring (bicyclic) bond motifs is 1. The first-order valence-corrected chi connectivity index (χ1v) is 7.24. The van der Waals surface area contributed by atoms with E-state index in [9.17, 15) is 4.79 Å². The Morgan fingerprint density at radius 3 is 2.90 bits per heavy atom.